The van der Waals surface area contributed by atoms with Crippen molar-refractivity contribution < 1.29 is 4.74 Å². The Morgan fingerprint density at radius 2 is 2.44 bits per heavy atom. The molecule has 1 aliphatic carbocycles. The fraction of sp³-hybridized carbons (Fsp3) is 0.500. The lowest BCUT2D eigenvalue weighted by Gasteiger charge is -2.40. The number of rotatable bonds is 4. The molecule has 1 N–H and O–H groups in total. The lowest BCUT2D eigenvalue weighted by atomic mass is 9.80. The van der Waals surface area contributed by atoms with Gasteiger partial charge in [-0.1, -0.05) is 0 Å². The Morgan fingerprint density at radius 1 is 1.62 bits per heavy atom. The zero-order valence-corrected chi connectivity index (χ0v) is 9.36. The van der Waals surface area contributed by atoms with E-state index >= 15 is 0 Å². The van der Waals surface area contributed by atoms with Gasteiger partial charge in [0.1, 0.15) is 5.82 Å². The molecule has 2 rings (SSSR count). The quantitative estimate of drug-likeness (QED) is 0.837. The number of nitrogens with one attached hydrogen (secondary N) is 1. The molecule has 1 aliphatic rings. The highest BCUT2D eigenvalue weighted by Gasteiger charge is 2.36. The van der Waals surface area contributed by atoms with E-state index in [9.17, 15) is 0 Å². The first-order chi connectivity index (χ1) is 7.78. The summed E-state index contributed by atoms with van der Waals surface area (Å²) in [7, 11) is 1.75. The van der Waals surface area contributed by atoms with E-state index in [0.29, 0.717) is 5.56 Å². The number of methoxy groups -OCH3 is 1. The zero-order valence-electron chi connectivity index (χ0n) is 9.36. The van der Waals surface area contributed by atoms with Crippen LogP contribution in [0.3, 0.4) is 0 Å². The minimum absolute atomic E-state index is 0.0235. The molecule has 4 nitrogen and oxygen atoms in total. The van der Waals surface area contributed by atoms with Gasteiger partial charge in [-0.05, 0) is 31.4 Å². The molecule has 0 aliphatic heterocycles. The maximum Gasteiger partial charge on any atom is 0.127 e. The van der Waals surface area contributed by atoms with Gasteiger partial charge in [0.2, 0.25) is 0 Å². The minimum atomic E-state index is -0.0235. The maximum absolute atomic E-state index is 8.76. The number of hydrogen-bond donors (Lipinski definition) is 1. The molecule has 0 bridgehead atoms. The molecule has 84 valence electrons. The van der Waals surface area contributed by atoms with Crippen molar-refractivity contribution in [2.75, 3.05) is 19.0 Å². The van der Waals surface area contributed by atoms with Crippen LogP contribution in [0.4, 0.5) is 5.82 Å². The SMILES string of the molecule is COC1(CNc2cc(C#N)ccn2)CCC1. The summed E-state index contributed by atoms with van der Waals surface area (Å²) in [6, 6.07) is 5.54. The van der Waals surface area contributed by atoms with Crippen molar-refractivity contribution in [3.05, 3.63) is 23.9 Å². The summed E-state index contributed by atoms with van der Waals surface area (Å²) >= 11 is 0. The summed E-state index contributed by atoms with van der Waals surface area (Å²) in [5, 5.41) is 12.0. The standard InChI is InChI=1S/C12H15N3O/c1-16-12(4-2-5-12)9-15-11-7-10(8-13)3-6-14-11/h3,6-7H,2,4-5,9H2,1H3,(H,14,15). The molecular weight excluding hydrogens is 202 g/mol. The van der Waals surface area contributed by atoms with Crippen molar-refractivity contribution in [3.63, 3.8) is 0 Å². The fourth-order valence-corrected chi connectivity index (χ4v) is 1.87. The average Bonchev–Trinajstić information content (AvgIpc) is 2.29. The van der Waals surface area contributed by atoms with E-state index in [4.69, 9.17) is 10.00 Å². The van der Waals surface area contributed by atoms with Crippen LogP contribution in [-0.4, -0.2) is 24.2 Å². The molecule has 0 aromatic carbocycles. The first-order valence-electron chi connectivity index (χ1n) is 5.43. The minimum Gasteiger partial charge on any atom is -0.376 e. The van der Waals surface area contributed by atoms with Gasteiger partial charge in [0, 0.05) is 19.9 Å². The van der Waals surface area contributed by atoms with Crippen LogP contribution < -0.4 is 5.32 Å². The van der Waals surface area contributed by atoms with E-state index in [1.807, 2.05) is 0 Å². The highest BCUT2D eigenvalue weighted by atomic mass is 16.5. The molecule has 1 saturated carbocycles. The number of aromatic nitrogens is 1. The predicted octanol–water partition coefficient (Wildman–Crippen LogP) is 1.93. The number of ether oxygens (including phenoxy) is 1. The van der Waals surface area contributed by atoms with Crippen molar-refractivity contribution in [2.24, 2.45) is 0 Å². The summed E-state index contributed by atoms with van der Waals surface area (Å²) in [5.41, 5.74) is 0.599. The normalized spacial score (nSPS) is 17.2. The third-order valence-corrected chi connectivity index (χ3v) is 3.18. The number of nitrogens with zero attached hydrogens (tertiary/aromatic N) is 2. The van der Waals surface area contributed by atoms with Crippen molar-refractivity contribution in [1.29, 1.82) is 5.26 Å². The second-order valence-corrected chi connectivity index (χ2v) is 4.14. The third kappa shape index (κ3) is 2.15. The number of anilines is 1. The molecule has 1 aromatic rings. The van der Waals surface area contributed by atoms with Gasteiger partial charge in [0.05, 0.1) is 17.2 Å². The molecule has 1 aromatic heterocycles. The Morgan fingerprint density at radius 3 is 3.00 bits per heavy atom. The summed E-state index contributed by atoms with van der Waals surface area (Å²) in [5.74, 6) is 0.738. The molecule has 0 atom stereocenters. The van der Waals surface area contributed by atoms with Crippen molar-refractivity contribution in [2.45, 2.75) is 24.9 Å². The van der Waals surface area contributed by atoms with Gasteiger partial charge < -0.3 is 10.1 Å². The monoisotopic (exact) mass is 217 g/mol. The van der Waals surface area contributed by atoms with E-state index in [1.54, 1.807) is 25.4 Å². The van der Waals surface area contributed by atoms with Crippen LogP contribution >= 0.6 is 0 Å². The second-order valence-electron chi connectivity index (χ2n) is 4.14. The molecule has 0 unspecified atom stereocenters. The maximum atomic E-state index is 8.76. The Balaban J connectivity index is 1.96. The second kappa shape index (κ2) is 4.50. The summed E-state index contributed by atoms with van der Waals surface area (Å²) in [4.78, 5) is 4.17. The van der Waals surface area contributed by atoms with Gasteiger partial charge in [-0.3, -0.25) is 0 Å². The fourth-order valence-electron chi connectivity index (χ4n) is 1.87. The van der Waals surface area contributed by atoms with Gasteiger partial charge in [-0.2, -0.15) is 5.26 Å². The van der Waals surface area contributed by atoms with Crippen molar-refractivity contribution in [3.8, 4) is 6.07 Å². The Kier molecular flexibility index (Phi) is 3.07. The third-order valence-electron chi connectivity index (χ3n) is 3.18. The Hall–Kier alpha value is -1.60. The molecule has 4 heteroatoms. The highest BCUT2D eigenvalue weighted by molar-refractivity contribution is 5.42. The summed E-state index contributed by atoms with van der Waals surface area (Å²) < 4.78 is 5.50. The van der Waals surface area contributed by atoms with Crippen molar-refractivity contribution in [1.82, 2.24) is 4.98 Å². The van der Waals surface area contributed by atoms with Crippen LogP contribution in [0, 0.1) is 11.3 Å². The summed E-state index contributed by atoms with van der Waals surface area (Å²) in [6.45, 7) is 0.755. The van der Waals surface area contributed by atoms with E-state index in [0.717, 1.165) is 25.2 Å². The van der Waals surface area contributed by atoms with Crippen LogP contribution in [0.1, 0.15) is 24.8 Å². The topological polar surface area (TPSA) is 57.9 Å². The molecule has 16 heavy (non-hydrogen) atoms. The molecule has 0 radical (unpaired) electrons. The van der Waals surface area contributed by atoms with E-state index < -0.39 is 0 Å². The predicted molar refractivity (Wildman–Crippen MR) is 61.0 cm³/mol. The molecule has 0 amide bonds. The zero-order chi connectivity index (χ0) is 11.4. The van der Waals surface area contributed by atoms with Gasteiger partial charge in [-0.15, -0.1) is 0 Å². The highest BCUT2D eigenvalue weighted by Crippen LogP contribution is 2.34. The van der Waals surface area contributed by atoms with Crippen molar-refractivity contribution >= 4 is 5.82 Å². The van der Waals surface area contributed by atoms with Gasteiger partial charge in [-0.25, -0.2) is 4.98 Å². The van der Waals surface area contributed by atoms with Crippen LogP contribution in [0.25, 0.3) is 0 Å². The van der Waals surface area contributed by atoms with E-state index in [-0.39, 0.29) is 5.60 Å². The van der Waals surface area contributed by atoms with E-state index in [1.165, 1.54) is 6.42 Å². The lowest BCUT2D eigenvalue weighted by Crippen LogP contribution is -2.45. The summed E-state index contributed by atoms with van der Waals surface area (Å²) in [6.07, 6.45) is 5.05. The van der Waals surface area contributed by atoms with Crippen LogP contribution in [0.5, 0.6) is 0 Å². The largest absolute Gasteiger partial charge is 0.376 e. The molecular formula is C12H15N3O. The molecule has 0 spiro atoms. The molecule has 1 heterocycles. The lowest BCUT2D eigenvalue weighted by molar-refractivity contribution is -0.0601. The smallest absolute Gasteiger partial charge is 0.127 e. The van der Waals surface area contributed by atoms with Gasteiger partial charge >= 0.3 is 0 Å². The number of hydrogen-bond acceptors (Lipinski definition) is 4. The van der Waals surface area contributed by atoms with E-state index in [2.05, 4.69) is 16.4 Å². The number of pyridine rings is 1. The van der Waals surface area contributed by atoms with Gasteiger partial charge in [0.25, 0.3) is 0 Å². The average molecular weight is 217 g/mol. The molecule has 0 saturated heterocycles. The van der Waals surface area contributed by atoms with Crippen LogP contribution in [0.15, 0.2) is 18.3 Å². The van der Waals surface area contributed by atoms with Gasteiger partial charge in [0.15, 0.2) is 0 Å². The number of nitriles is 1. The Labute approximate surface area is 95.3 Å². The van der Waals surface area contributed by atoms with Crippen LogP contribution in [0.2, 0.25) is 0 Å². The first-order valence-corrected chi connectivity index (χ1v) is 5.43. The molecule has 1 fully saturated rings. The Bertz CT molecular complexity index is 401. The van der Waals surface area contributed by atoms with Crippen LogP contribution in [-0.2, 0) is 4.74 Å². The first kappa shape index (κ1) is 10.9.